The zero-order valence-corrected chi connectivity index (χ0v) is 16.0. The Balaban J connectivity index is 1.70. The summed E-state index contributed by atoms with van der Waals surface area (Å²) in [5.41, 5.74) is 1.87. The molecule has 2 N–H and O–H groups in total. The highest BCUT2D eigenvalue weighted by Gasteiger charge is 2.52. The number of hydrogen-bond donors (Lipinski definition) is 2. The maximum absolute atomic E-state index is 13.2. The number of hydrogen-bond acceptors (Lipinski definition) is 5. The molecule has 1 saturated carbocycles. The van der Waals surface area contributed by atoms with Gasteiger partial charge in [-0.1, -0.05) is 19.3 Å². The molecule has 4 rings (SSSR count). The third-order valence-corrected chi connectivity index (χ3v) is 6.08. The number of aromatic amines is 1. The van der Waals surface area contributed by atoms with E-state index in [-0.39, 0.29) is 24.5 Å². The normalized spacial score (nSPS) is 23.1. The average molecular weight is 397 g/mol. The zero-order chi connectivity index (χ0) is 20.5. The standard InChI is InChI=1S/C21H23N3O5/c25-17(26)9-8-16-18(19(27)12-4-2-1-3-5-12)20(28)21(29)24(16)13-6-7-14-15(10-13)23-11-22-14/h6-7,10-12,16,18H,1-5,8-9H2,(H,22,23)(H,25,26). The lowest BCUT2D eigenvalue weighted by atomic mass is 9.78. The Morgan fingerprint density at radius 3 is 2.66 bits per heavy atom. The van der Waals surface area contributed by atoms with Crippen molar-refractivity contribution in [1.29, 1.82) is 0 Å². The largest absolute Gasteiger partial charge is 0.481 e. The smallest absolute Gasteiger partial charge is 0.303 e. The summed E-state index contributed by atoms with van der Waals surface area (Å²) in [4.78, 5) is 58.6. The van der Waals surface area contributed by atoms with E-state index in [9.17, 15) is 19.2 Å². The van der Waals surface area contributed by atoms with Crippen LogP contribution in [0.3, 0.4) is 0 Å². The van der Waals surface area contributed by atoms with E-state index >= 15 is 0 Å². The maximum atomic E-state index is 13.2. The van der Waals surface area contributed by atoms with E-state index < -0.39 is 29.6 Å². The van der Waals surface area contributed by atoms with Crippen LogP contribution in [0.5, 0.6) is 0 Å². The van der Waals surface area contributed by atoms with Gasteiger partial charge in [0.25, 0.3) is 5.91 Å². The van der Waals surface area contributed by atoms with Crippen LogP contribution in [0.2, 0.25) is 0 Å². The number of carbonyl (C=O) groups is 4. The molecular weight excluding hydrogens is 374 g/mol. The van der Waals surface area contributed by atoms with Crippen molar-refractivity contribution in [1.82, 2.24) is 9.97 Å². The number of rotatable bonds is 6. The van der Waals surface area contributed by atoms with E-state index in [0.717, 1.165) is 32.1 Å². The van der Waals surface area contributed by atoms with Crippen LogP contribution in [-0.4, -0.2) is 44.6 Å². The van der Waals surface area contributed by atoms with Crippen LogP contribution in [0, 0.1) is 11.8 Å². The number of nitrogens with one attached hydrogen (secondary N) is 1. The van der Waals surface area contributed by atoms with Crippen LogP contribution < -0.4 is 4.90 Å². The minimum absolute atomic E-state index is 0.0525. The van der Waals surface area contributed by atoms with Gasteiger partial charge in [0.15, 0.2) is 0 Å². The molecule has 0 spiro atoms. The van der Waals surface area contributed by atoms with Gasteiger partial charge in [-0.15, -0.1) is 0 Å². The number of carboxylic acids is 1. The Bertz CT molecular complexity index is 976. The number of fused-ring (bicyclic) bond motifs is 1. The molecule has 1 aromatic heterocycles. The van der Waals surface area contributed by atoms with Gasteiger partial charge >= 0.3 is 5.97 Å². The van der Waals surface area contributed by atoms with Crippen molar-refractivity contribution in [3.05, 3.63) is 24.5 Å². The Morgan fingerprint density at radius 1 is 1.17 bits per heavy atom. The lowest BCUT2D eigenvalue weighted by Gasteiger charge is -2.29. The van der Waals surface area contributed by atoms with Gasteiger partial charge in [0, 0.05) is 18.0 Å². The number of imidazole rings is 1. The quantitative estimate of drug-likeness (QED) is 0.571. The Kier molecular flexibility index (Phi) is 5.17. The van der Waals surface area contributed by atoms with E-state index in [1.165, 1.54) is 11.2 Å². The Hall–Kier alpha value is -3.03. The number of anilines is 1. The highest BCUT2D eigenvalue weighted by molar-refractivity contribution is 6.48. The molecule has 2 unspecified atom stereocenters. The first-order chi connectivity index (χ1) is 14.0. The van der Waals surface area contributed by atoms with E-state index in [1.54, 1.807) is 18.2 Å². The molecule has 1 aliphatic carbocycles. The van der Waals surface area contributed by atoms with Gasteiger partial charge in [-0.05, 0) is 37.5 Å². The fraction of sp³-hybridized carbons (Fsp3) is 0.476. The van der Waals surface area contributed by atoms with E-state index in [0.29, 0.717) is 16.7 Å². The highest BCUT2D eigenvalue weighted by Crippen LogP contribution is 2.37. The van der Waals surface area contributed by atoms with Crippen molar-refractivity contribution >= 4 is 40.2 Å². The average Bonchev–Trinajstić information content (AvgIpc) is 3.28. The number of aliphatic carboxylic acids is 1. The van der Waals surface area contributed by atoms with Crippen LogP contribution in [0.15, 0.2) is 24.5 Å². The molecule has 8 nitrogen and oxygen atoms in total. The van der Waals surface area contributed by atoms with E-state index in [4.69, 9.17) is 5.11 Å². The zero-order valence-electron chi connectivity index (χ0n) is 16.0. The molecule has 0 radical (unpaired) electrons. The first-order valence-electron chi connectivity index (χ1n) is 10.0. The molecule has 2 fully saturated rings. The number of benzene rings is 1. The lowest BCUT2D eigenvalue weighted by molar-refractivity contribution is -0.141. The fourth-order valence-corrected chi connectivity index (χ4v) is 4.64. The van der Waals surface area contributed by atoms with Crippen LogP contribution in [0.4, 0.5) is 5.69 Å². The predicted octanol–water partition coefficient (Wildman–Crippen LogP) is 2.48. The number of carboxylic acid groups (broad SMARTS) is 1. The van der Waals surface area contributed by atoms with Crippen molar-refractivity contribution in [3.8, 4) is 0 Å². The molecule has 0 bridgehead atoms. The summed E-state index contributed by atoms with van der Waals surface area (Å²) in [5.74, 6) is -4.02. The minimum Gasteiger partial charge on any atom is -0.481 e. The first-order valence-corrected chi connectivity index (χ1v) is 10.0. The van der Waals surface area contributed by atoms with Crippen molar-refractivity contribution in [3.63, 3.8) is 0 Å². The van der Waals surface area contributed by atoms with Crippen LogP contribution in [-0.2, 0) is 19.2 Å². The Labute approximate surface area is 167 Å². The van der Waals surface area contributed by atoms with Gasteiger partial charge in [0.2, 0.25) is 5.78 Å². The second-order valence-corrected chi connectivity index (χ2v) is 7.86. The first kappa shape index (κ1) is 19.3. The summed E-state index contributed by atoms with van der Waals surface area (Å²) >= 11 is 0. The molecule has 152 valence electrons. The number of ketones is 2. The molecule has 2 aromatic rings. The third kappa shape index (κ3) is 3.54. The second-order valence-electron chi connectivity index (χ2n) is 7.86. The third-order valence-electron chi connectivity index (χ3n) is 6.08. The monoisotopic (exact) mass is 397 g/mol. The van der Waals surface area contributed by atoms with E-state index in [1.807, 2.05) is 0 Å². The van der Waals surface area contributed by atoms with Crippen molar-refractivity contribution < 1.29 is 24.3 Å². The summed E-state index contributed by atoms with van der Waals surface area (Å²) in [5, 5.41) is 9.16. The van der Waals surface area contributed by atoms with Crippen molar-refractivity contribution in [2.24, 2.45) is 11.8 Å². The number of amides is 1. The molecule has 2 aliphatic rings. The molecule has 2 atom stereocenters. The molecule has 2 heterocycles. The molecule has 1 aromatic carbocycles. The number of H-pyrrole nitrogens is 1. The summed E-state index contributed by atoms with van der Waals surface area (Å²) in [6.07, 6.45) is 5.75. The summed E-state index contributed by atoms with van der Waals surface area (Å²) in [7, 11) is 0. The van der Waals surface area contributed by atoms with Gasteiger partial charge in [0.1, 0.15) is 11.7 Å². The van der Waals surface area contributed by atoms with Crippen molar-refractivity contribution in [2.45, 2.75) is 51.0 Å². The summed E-state index contributed by atoms with van der Waals surface area (Å²) < 4.78 is 0. The molecule has 1 aliphatic heterocycles. The SMILES string of the molecule is O=C(O)CCC1C(C(=O)C2CCCCC2)C(=O)C(=O)N1c1ccc2nc[nH]c2c1. The molecular formula is C21H23N3O5. The minimum atomic E-state index is -1.09. The van der Waals surface area contributed by atoms with Crippen molar-refractivity contribution in [2.75, 3.05) is 4.90 Å². The maximum Gasteiger partial charge on any atom is 0.303 e. The van der Waals surface area contributed by atoms with Crippen LogP contribution in [0.25, 0.3) is 11.0 Å². The summed E-state index contributed by atoms with van der Waals surface area (Å²) in [6.45, 7) is 0. The number of carbonyl (C=O) groups excluding carboxylic acids is 3. The second kappa shape index (κ2) is 7.77. The van der Waals surface area contributed by atoms with Gasteiger partial charge in [-0.2, -0.15) is 0 Å². The summed E-state index contributed by atoms with van der Waals surface area (Å²) in [6, 6.07) is 4.33. The Morgan fingerprint density at radius 2 is 1.93 bits per heavy atom. The number of nitrogens with zero attached hydrogens (tertiary/aromatic N) is 2. The highest BCUT2D eigenvalue weighted by atomic mass is 16.4. The van der Waals surface area contributed by atoms with Crippen LogP contribution >= 0.6 is 0 Å². The molecule has 1 saturated heterocycles. The van der Waals surface area contributed by atoms with Gasteiger partial charge < -0.3 is 15.0 Å². The molecule has 29 heavy (non-hydrogen) atoms. The number of aromatic nitrogens is 2. The molecule has 8 heteroatoms. The predicted molar refractivity (Wildman–Crippen MR) is 104 cm³/mol. The lowest BCUT2D eigenvalue weighted by Crippen LogP contribution is -2.40. The molecule has 1 amide bonds. The van der Waals surface area contributed by atoms with Gasteiger partial charge in [-0.25, -0.2) is 4.98 Å². The topological polar surface area (TPSA) is 120 Å². The van der Waals surface area contributed by atoms with Gasteiger partial charge in [-0.3, -0.25) is 19.2 Å². The number of Topliss-reactive ketones (excluding diaryl/α,β-unsaturated/α-hetero) is 2. The fourth-order valence-electron chi connectivity index (χ4n) is 4.64. The van der Waals surface area contributed by atoms with E-state index in [2.05, 4.69) is 9.97 Å². The van der Waals surface area contributed by atoms with Crippen LogP contribution in [0.1, 0.15) is 44.9 Å². The van der Waals surface area contributed by atoms with Gasteiger partial charge in [0.05, 0.1) is 23.4 Å².